The van der Waals surface area contributed by atoms with Gasteiger partial charge in [0.05, 0.1) is 6.07 Å². The summed E-state index contributed by atoms with van der Waals surface area (Å²) in [6.07, 6.45) is 1.25. The molecule has 1 atom stereocenters. The molecule has 13 heavy (non-hydrogen) atoms. The third kappa shape index (κ3) is 3.33. The quantitative estimate of drug-likeness (QED) is 0.701. The van der Waals surface area contributed by atoms with Gasteiger partial charge in [0, 0.05) is 13.1 Å². The Kier molecular flexibility index (Phi) is 3.29. The van der Waals surface area contributed by atoms with E-state index >= 15 is 0 Å². The first-order chi connectivity index (χ1) is 6.03. The summed E-state index contributed by atoms with van der Waals surface area (Å²) in [5.74, 6) is 0.720. The summed E-state index contributed by atoms with van der Waals surface area (Å²) in [4.78, 5) is 2.34. The minimum absolute atomic E-state index is 0.374. The molecule has 1 aliphatic heterocycles. The molecule has 1 heterocycles. The maximum atomic E-state index is 8.80. The first-order valence-corrected chi connectivity index (χ1v) is 4.88. The van der Waals surface area contributed by atoms with Gasteiger partial charge in [0.1, 0.15) is 5.54 Å². The smallest absolute Gasteiger partial charge is 0.101 e. The second-order valence-corrected chi connectivity index (χ2v) is 4.53. The van der Waals surface area contributed by atoms with Crippen LogP contribution in [0.15, 0.2) is 0 Å². The van der Waals surface area contributed by atoms with E-state index in [0.717, 1.165) is 19.0 Å². The molecule has 0 aliphatic carbocycles. The number of hydrogen-bond acceptors (Lipinski definition) is 3. The molecule has 1 rings (SSSR count). The molecule has 0 spiro atoms. The molecule has 1 unspecified atom stereocenters. The molecule has 1 N–H and O–H groups in total. The van der Waals surface area contributed by atoms with Crippen LogP contribution in [0.1, 0.15) is 20.3 Å². The van der Waals surface area contributed by atoms with Crippen molar-refractivity contribution in [2.24, 2.45) is 5.92 Å². The van der Waals surface area contributed by atoms with Crippen LogP contribution in [0, 0.1) is 17.2 Å². The second-order valence-electron chi connectivity index (χ2n) is 4.53. The minimum atomic E-state index is -0.374. The van der Waals surface area contributed by atoms with Gasteiger partial charge < -0.3 is 4.90 Å². The summed E-state index contributed by atoms with van der Waals surface area (Å²) in [5.41, 5.74) is -0.374. The van der Waals surface area contributed by atoms with Gasteiger partial charge in [-0.3, -0.25) is 5.32 Å². The van der Waals surface area contributed by atoms with Crippen LogP contribution in [0.25, 0.3) is 0 Å². The highest BCUT2D eigenvalue weighted by molar-refractivity contribution is 5.00. The molecule has 0 aromatic rings. The van der Waals surface area contributed by atoms with E-state index in [4.69, 9.17) is 5.26 Å². The van der Waals surface area contributed by atoms with Gasteiger partial charge in [-0.2, -0.15) is 5.26 Å². The van der Waals surface area contributed by atoms with Crippen LogP contribution < -0.4 is 5.32 Å². The lowest BCUT2D eigenvalue weighted by molar-refractivity contribution is 0.370. The number of hydrogen-bond donors (Lipinski definition) is 1. The molecule has 0 aromatic carbocycles. The summed E-state index contributed by atoms with van der Waals surface area (Å²) < 4.78 is 0. The molecular weight excluding hydrogens is 162 g/mol. The highest BCUT2D eigenvalue weighted by atomic mass is 15.1. The van der Waals surface area contributed by atoms with Crippen LogP contribution in [-0.2, 0) is 0 Å². The molecule has 3 heteroatoms. The summed E-state index contributed by atoms with van der Waals surface area (Å²) in [6.45, 7) is 7.16. The SMILES string of the molecule is CN1CCC(CNC(C)(C)C#N)C1. The normalized spacial score (nSPS) is 24.6. The van der Waals surface area contributed by atoms with E-state index in [1.165, 1.54) is 13.0 Å². The summed E-state index contributed by atoms with van der Waals surface area (Å²) in [7, 11) is 2.15. The summed E-state index contributed by atoms with van der Waals surface area (Å²) >= 11 is 0. The zero-order chi connectivity index (χ0) is 9.90. The molecule has 0 amide bonds. The van der Waals surface area contributed by atoms with Gasteiger partial charge in [0.25, 0.3) is 0 Å². The van der Waals surface area contributed by atoms with Gasteiger partial charge in [-0.25, -0.2) is 0 Å². The fraction of sp³-hybridized carbons (Fsp3) is 0.900. The molecule has 1 fully saturated rings. The average Bonchev–Trinajstić information content (AvgIpc) is 2.48. The van der Waals surface area contributed by atoms with Crippen molar-refractivity contribution in [1.29, 1.82) is 5.26 Å². The lowest BCUT2D eigenvalue weighted by atomic mass is 10.0. The fourth-order valence-corrected chi connectivity index (χ4v) is 1.63. The Morgan fingerprint density at radius 3 is 2.77 bits per heavy atom. The first-order valence-electron chi connectivity index (χ1n) is 4.88. The van der Waals surface area contributed by atoms with Gasteiger partial charge in [0.2, 0.25) is 0 Å². The maximum Gasteiger partial charge on any atom is 0.101 e. The van der Waals surface area contributed by atoms with Gasteiger partial charge in [0.15, 0.2) is 0 Å². The molecule has 3 nitrogen and oxygen atoms in total. The Labute approximate surface area is 80.7 Å². The second kappa shape index (κ2) is 4.08. The number of nitrogens with zero attached hydrogens (tertiary/aromatic N) is 2. The Morgan fingerprint density at radius 1 is 1.62 bits per heavy atom. The predicted octanol–water partition coefficient (Wildman–Crippen LogP) is 0.830. The maximum absolute atomic E-state index is 8.80. The van der Waals surface area contributed by atoms with Crippen LogP contribution in [0.2, 0.25) is 0 Å². The third-order valence-corrected chi connectivity index (χ3v) is 2.60. The van der Waals surface area contributed by atoms with E-state index in [2.05, 4.69) is 23.3 Å². The number of nitrogens with one attached hydrogen (secondary N) is 1. The summed E-state index contributed by atoms with van der Waals surface area (Å²) in [5, 5.41) is 12.1. The first kappa shape index (κ1) is 10.5. The van der Waals surface area contributed by atoms with Crippen molar-refractivity contribution < 1.29 is 0 Å². The van der Waals surface area contributed by atoms with Crippen molar-refractivity contribution in [2.45, 2.75) is 25.8 Å². The Bertz CT molecular complexity index is 205. The molecule has 0 radical (unpaired) electrons. The highest BCUT2D eigenvalue weighted by Gasteiger charge is 2.22. The van der Waals surface area contributed by atoms with E-state index in [1.54, 1.807) is 0 Å². The standard InChI is InChI=1S/C10H19N3/c1-10(2,8-11)12-6-9-4-5-13(3)7-9/h9,12H,4-7H2,1-3H3. The molecule has 74 valence electrons. The molecular formula is C10H19N3. The number of nitriles is 1. The Morgan fingerprint density at radius 2 is 2.31 bits per heavy atom. The molecule has 1 aliphatic rings. The van der Waals surface area contributed by atoms with E-state index in [-0.39, 0.29) is 5.54 Å². The lowest BCUT2D eigenvalue weighted by Crippen LogP contribution is -2.41. The molecule has 0 saturated carbocycles. The largest absolute Gasteiger partial charge is 0.306 e. The highest BCUT2D eigenvalue weighted by Crippen LogP contribution is 2.14. The van der Waals surface area contributed by atoms with Gasteiger partial charge in [-0.05, 0) is 39.8 Å². The van der Waals surface area contributed by atoms with Crippen molar-refractivity contribution >= 4 is 0 Å². The number of rotatable bonds is 3. The summed E-state index contributed by atoms with van der Waals surface area (Å²) in [6, 6.07) is 2.25. The number of likely N-dealkylation sites (tertiary alicyclic amines) is 1. The molecule has 1 saturated heterocycles. The van der Waals surface area contributed by atoms with Crippen LogP contribution in [0.5, 0.6) is 0 Å². The predicted molar refractivity (Wildman–Crippen MR) is 53.3 cm³/mol. The molecule has 0 bridgehead atoms. The zero-order valence-corrected chi connectivity index (χ0v) is 8.80. The monoisotopic (exact) mass is 181 g/mol. The van der Waals surface area contributed by atoms with E-state index in [1.807, 2.05) is 13.8 Å². The van der Waals surface area contributed by atoms with Crippen molar-refractivity contribution in [3.05, 3.63) is 0 Å². The third-order valence-electron chi connectivity index (χ3n) is 2.60. The van der Waals surface area contributed by atoms with Crippen LogP contribution in [0.4, 0.5) is 0 Å². The van der Waals surface area contributed by atoms with Gasteiger partial charge in [-0.1, -0.05) is 0 Å². The topological polar surface area (TPSA) is 39.1 Å². The van der Waals surface area contributed by atoms with Crippen LogP contribution >= 0.6 is 0 Å². The van der Waals surface area contributed by atoms with Crippen LogP contribution in [0.3, 0.4) is 0 Å². The van der Waals surface area contributed by atoms with E-state index < -0.39 is 0 Å². The average molecular weight is 181 g/mol. The van der Waals surface area contributed by atoms with E-state index in [9.17, 15) is 0 Å². The van der Waals surface area contributed by atoms with Crippen molar-refractivity contribution in [3.63, 3.8) is 0 Å². The zero-order valence-electron chi connectivity index (χ0n) is 8.80. The van der Waals surface area contributed by atoms with E-state index in [0.29, 0.717) is 0 Å². The Hall–Kier alpha value is -0.590. The van der Waals surface area contributed by atoms with Crippen LogP contribution in [-0.4, -0.2) is 37.1 Å². The lowest BCUT2D eigenvalue weighted by Gasteiger charge is -2.20. The van der Waals surface area contributed by atoms with Crippen molar-refractivity contribution in [1.82, 2.24) is 10.2 Å². The van der Waals surface area contributed by atoms with Crippen molar-refractivity contribution in [2.75, 3.05) is 26.7 Å². The minimum Gasteiger partial charge on any atom is -0.306 e. The Balaban J connectivity index is 2.24. The molecule has 0 aromatic heterocycles. The van der Waals surface area contributed by atoms with Gasteiger partial charge >= 0.3 is 0 Å². The fourth-order valence-electron chi connectivity index (χ4n) is 1.63. The van der Waals surface area contributed by atoms with Crippen molar-refractivity contribution in [3.8, 4) is 6.07 Å². The van der Waals surface area contributed by atoms with Gasteiger partial charge in [-0.15, -0.1) is 0 Å².